The number of carboxylic acids is 1. The van der Waals surface area contributed by atoms with Crippen molar-refractivity contribution in [3.05, 3.63) is 77.0 Å². The molecule has 184 valence electrons. The normalized spacial score (nSPS) is 18.1. The number of carboxylic acid groups (broad SMARTS) is 1. The maximum atomic E-state index is 12.0. The number of ether oxygens (including phenoxy) is 1. The van der Waals surface area contributed by atoms with Crippen LogP contribution in [0.4, 0.5) is 0 Å². The quantitative estimate of drug-likeness (QED) is 0.504. The number of aliphatic hydroxyl groups is 1. The summed E-state index contributed by atoms with van der Waals surface area (Å²) < 4.78 is 5.53. The molecule has 0 amide bonds. The van der Waals surface area contributed by atoms with Crippen LogP contribution < -0.4 is 0 Å². The minimum absolute atomic E-state index is 0.0307. The lowest BCUT2D eigenvalue weighted by Gasteiger charge is -2.31. The van der Waals surface area contributed by atoms with Crippen LogP contribution in [0, 0.1) is 17.2 Å². The molecule has 3 heterocycles. The SMILES string of the molecule is N#Cc1ccc(-c2cccc(-c3nc(C(=O)O)cc4c3[C@H](CCO)N(CC3CCOCC3)C4)c2)cc1. The number of hydrogen-bond acceptors (Lipinski definition) is 6. The third kappa shape index (κ3) is 4.89. The Hall–Kier alpha value is -3.57. The van der Waals surface area contributed by atoms with Crippen LogP contribution in [0.1, 0.15) is 52.5 Å². The molecule has 2 aromatic carbocycles. The van der Waals surface area contributed by atoms with Gasteiger partial charge in [-0.25, -0.2) is 9.78 Å². The average molecular weight is 484 g/mol. The van der Waals surface area contributed by atoms with Gasteiger partial charge in [0.1, 0.15) is 5.69 Å². The summed E-state index contributed by atoms with van der Waals surface area (Å²) in [5.41, 5.74) is 6.03. The summed E-state index contributed by atoms with van der Waals surface area (Å²) in [5, 5.41) is 28.9. The standard InChI is InChI=1S/C29H29N3O4/c30-16-19-4-6-21(7-5-19)22-2-1-3-23(14-22)28-27-24(15-25(31-28)29(34)35)18-32(26(27)8-11-33)17-20-9-12-36-13-10-20/h1-7,14-15,20,26,33H,8-13,17-18H2,(H,34,35)/t26-/m0/s1. The predicted molar refractivity (Wildman–Crippen MR) is 135 cm³/mol. The van der Waals surface area contributed by atoms with E-state index in [9.17, 15) is 15.0 Å². The maximum Gasteiger partial charge on any atom is 0.354 e. The van der Waals surface area contributed by atoms with Crippen LogP contribution in [0.25, 0.3) is 22.4 Å². The summed E-state index contributed by atoms with van der Waals surface area (Å²) in [7, 11) is 0. The molecule has 7 nitrogen and oxygen atoms in total. The molecule has 0 spiro atoms. The van der Waals surface area contributed by atoms with Gasteiger partial charge in [-0.05, 0) is 66.1 Å². The van der Waals surface area contributed by atoms with E-state index in [1.807, 2.05) is 36.4 Å². The molecule has 0 saturated carbocycles. The van der Waals surface area contributed by atoms with Crippen molar-refractivity contribution in [2.24, 2.45) is 5.92 Å². The molecule has 3 aromatic rings. The summed E-state index contributed by atoms with van der Waals surface area (Å²) in [5.74, 6) is -0.534. The molecule has 0 radical (unpaired) electrons. The molecule has 1 aromatic heterocycles. The van der Waals surface area contributed by atoms with Crippen molar-refractivity contribution in [2.75, 3.05) is 26.4 Å². The van der Waals surface area contributed by atoms with Crippen molar-refractivity contribution in [3.63, 3.8) is 0 Å². The first kappa shape index (κ1) is 24.1. The molecular weight excluding hydrogens is 454 g/mol. The number of rotatable bonds is 7. The number of aromatic carboxylic acids is 1. The number of aromatic nitrogens is 1. The van der Waals surface area contributed by atoms with Gasteiger partial charge in [0.25, 0.3) is 0 Å². The van der Waals surface area contributed by atoms with E-state index in [1.54, 1.807) is 18.2 Å². The van der Waals surface area contributed by atoms with Gasteiger partial charge in [0, 0.05) is 50.1 Å². The number of nitriles is 1. The number of fused-ring (bicyclic) bond motifs is 1. The second kappa shape index (κ2) is 10.6. The van der Waals surface area contributed by atoms with Crippen molar-refractivity contribution in [2.45, 2.75) is 31.8 Å². The second-order valence-electron chi connectivity index (χ2n) is 9.52. The lowest BCUT2D eigenvalue weighted by Crippen LogP contribution is -2.32. The van der Waals surface area contributed by atoms with Gasteiger partial charge in [-0.3, -0.25) is 4.90 Å². The van der Waals surface area contributed by atoms with Gasteiger partial charge in [0.15, 0.2) is 0 Å². The van der Waals surface area contributed by atoms with Crippen molar-refractivity contribution >= 4 is 5.97 Å². The van der Waals surface area contributed by atoms with E-state index in [-0.39, 0.29) is 18.3 Å². The first-order chi connectivity index (χ1) is 17.6. The van der Waals surface area contributed by atoms with E-state index in [2.05, 4.69) is 16.0 Å². The summed E-state index contributed by atoms with van der Waals surface area (Å²) in [4.78, 5) is 19.0. The highest BCUT2D eigenvalue weighted by molar-refractivity contribution is 5.87. The lowest BCUT2D eigenvalue weighted by molar-refractivity contribution is 0.0439. The monoisotopic (exact) mass is 483 g/mol. The van der Waals surface area contributed by atoms with Gasteiger partial charge in [0.05, 0.1) is 17.3 Å². The fourth-order valence-electron chi connectivity index (χ4n) is 5.44. The first-order valence-corrected chi connectivity index (χ1v) is 12.4. The number of carbonyl (C=O) groups is 1. The zero-order valence-corrected chi connectivity index (χ0v) is 20.1. The lowest BCUT2D eigenvalue weighted by atomic mass is 9.93. The summed E-state index contributed by atoms with van der Waals surface area (Å²) in [6.45, 7) is 3.11. The molecule has 1 saturated heterocycles. The topological polar surface area (TPSA) is 107 Å². The Morgan fingerprint density at radius 3 is 2.53 bits per heavy atom. The first-order valence-electron chi connectivity index (χ1n) is 12.4. The van der Waals surface area contributed by atoms with Crippen LogP contribution >= 0.6 is 0 Å². The molecule has 36 heavy (non-hydrogen) atoms. The van der Waals surface area contributed by atoms with E-state index in [0.717, 1.165) is 60.4 Å². The van der Waals surface area contributed by atoms with Gasteiger partial charge >= 0.3 is 5.97 Å². The van der Waals surface area contributed by atoms with Crippen molar-refractivity contribution in [1.82, 2.24) is 9.88 Å². The molecule has 2 aliphatic heterocycles. The van der Waals surface area contributed by atoms with E-state index < -0.39 is 5.97 Å². The van der Waals surface area contributed by atoms with Crippen LogP contribution in [0.15, 0.2) is 54.6 Å². The smallest absolute Gasteiger partial charge is 0.354 e. The van der Waals surface area contributed by atoms with E-state index >= 15 is 0 Å². The highest BCUT2D eigenvalue weighted by Crippen LogP contribution is 2.43. The van der Waals surface area contributed by atoms with Crippen LogP contribution in [0.3, 0.4) is 0 Å². The number of hydrogen-bond donors (Lipinski definition) is 2. The van der Waals surface area contributed by atoms with Gasteiger partial charge in [-0.2, -0.15) is 5.26 Å². The van der Waals surface area contributed by atoms with Crippen molar-refractivity contribution in [3.8, 4) is 28.5 Å². The molecule has 1 atom stereocenters. The molecule has 0 aliphatic carbocycles. The van der Waals surface area contributed by atoms with Crippen LogP contribution in [-0.2, 0) is 11.3 Å². The zero-order chi connectivity index (χ0) is 25.1. The molecule has 0 unspecified atom stereocenters. The molecule has 5 rings (SSSR count). The van der Waals surface area contributed by atoms with Gasteiger partial charge < -0.3 is 14.9 Å². The summed E-state index contributed by atoms with van der Waals surface area (Å²) >= 11 is 0. The number of pyridine rings is 1. The largest absolute Gasteiger partial charge is 0.477 e. The fraction of sp³-hybridized carbons (Fsp3) is 0.345. The Bertz CT molecular complexity index is 1290. The fourth-order valence-corrected chi connectivity index (χ4v) is 5.44. The number of nitrogens with zero attached hydrogens (tertiary/aromatic N) is 3. The summed E-state index contributed by atoms with van der Waals surface area (Å²) in [6, 6.07) is 19.1. The predicted octanol–water partition coefficient (Wildman–Crippen LogP) is 4.65. The van der Waals surface area contributed by atoms with E-state index in [1.165, 1.54) is 0 Å². The van der Waals surface area contributed by atoms with Gasteiger partial charge in [0.2, 0.25) is 0 Å². The van der Waals surface area contributed by atoms with Crippen molar-refractivity contribution < 1.29 is 19.7 Å². The van der Waals surface area contributed by atoms with Crippen molar-refractivity contribution in [1.29, 1.82) is 5.26 Å². The van der Waals surface area contributed by atoms with Crippen LogP contribution in [0.5, 0.6) is 0 Å². The molecule has 0 bridgehead atoms. The molecule has 7 heteroatoms. The van der Waals surface area contributed by atoms with E-state index in [0.29, 0.717) is 30.1 Å². The van der Waals surface area contributed by atoms with Crippen LogP contribution in [0.2, 0.25) is 0 Å². The third-order valence-electron chi connectivity index (χ3n) is 7.23. The summed E-state index contributed by atoms with van der Waals surface area (Å²) in [6.07, 6.45) is 2.58. The zero-order valence-electron chi connectivity index (χ0n) is 20.1. The Morgan fingerprint density at radius 2 is 1.83 bits per heavy atom. The Morgan fingerprint density at radius 1 is 1.08 bits per heavy atom. The Balaban J connectivity index is 1.56. The number of aliphatic hydroxyl groups excluding tert-OH is 1. The Kier molecular flexibility index (Phi) is 7.10. The molecule has 2 N–H and O–H groups in total. The maximum absolute atomic E-state index is 12.0. The third-order valence-corrected chi connectivity index (χ3v) is 7.23. The Labute approximate surface area is 210 Å². The van der Waals surface area contributed by atoms with Crippen LogP contribution in [-0.4, -0.2) is 52.4 Å². The highest BCUT2D eigenvalue weighted by atomic mass is 16.5. The minimum Gasteiger partial charge on any atom is -0.477 e. The second-order valence-corrected chi connectivity index (χ2v) is 9.52. The van der Waals surface area contributed by atoms with E-state index in [4.69, 9.17) is 10.00 Å². The minimum atomic E-state index is -1.05. The highest BCUT2D eigenvalue weighted by Gasteiger charge is 2.35. The molecular formula is C29H29N3O4. The average Bonchev–Trinajstić information content (AvgIpc) is 3.25. The van der Waals surface area contributed by atoms with Gasteiger partial charge in [-0.1, -0.05) is 30.3 Å². The number of benzene rings is 2. The molecule has 1 fully saturated rings. The van der Waals surface area contributed by atoms with Gasteiger partial charge in [-0.15, -0.1) is 0 Å². The molecule has 2 aliphatic rings.